The molecule has 2 aliphatic rings. The van der Waals surface area contributed by atoms with Crippen molar-refractivity contribution in [1.82, 2.24) is 10.2 Å². The van der Waals surface area contributed by atoms with Crippen LogP contribution in [0.5, 0.6) is 0 Å². The molecule has 0 aromatic heterocycles. The maximum absolute atomic E-state index is 5.48. The highest BCUT2D eigenvalue weighted by molar-refractivity contribution is 4.89. The van der Waals surface area contributed by atoms with Gasteiger partial charge >= 0.3 is 0 Å². The van der Waals surface area contributed by atoms with Crippen LogP contribution in [0.1, 0.15) is 13.8 Å². The molecule has 0 radical (unpaired) electrons. The van der Waals surface area contributed by atoms with Gasteiger partial charge in [-0.25, -0.2) is 0 Å². The first-order valence-electron chi connectivity index (χ1n) is 4.83. The summed E-state index contributed by atoms with van der Waals surface area (Å²) in [5.74, 6) is 0. The first-order valence-corrected chi connectivity index (χ1v) is 4.83. The summed E-state index contributed by atoms with van der Waals surface area (Å²) >= 11 is 0. The number of fused-ring (bicyclic) bond motifs is 2. The number of nitrogens with zero attached hydrogens (tertiary/aromatic N) is 1. The van der Waals surface area contributed by atoms with Crippen molar-refractivity contribution in [2.24, 2.45) is 0 Å². The molecule has 2 aliphatic heterocycles. The molecule has 0 spiro atoms. The summed E-state index contributed by atoms with van der Waals surface area (Å²) in [5.41, 5.74) is 0. The Morgan fingerprint density at radius 3 is 2.33 bits per heavy atom. The minimum atomic E-state index is 0.569. The molecular weight excluding hydrogens is 152 g/mol. The van der Waals surface area contributed by atoms with Gasteiger partial charge in [-0.3, -0.25) is 4.90 Å². The lowest BCUT2D eigenvalue weighted by Crippen LogP contribution is -2.63. The van der Waals surface area contributed by atoms with E-state index in [1.807, 2.05) is 0 Å². The Morgan fingerprint density at radius 2 is 1.83 bits per heavy atom. The highest BCUT2D eigenvalue weighted by atomic mass is 16.5. The van der Waals surface area contributed by atoms with Crippen molar-refractivity contribution < 1.29 is 4.74 Å². The van der Waals surface area contributed by atoms with Gasteiger partial charge in [0.2, 0.25) is 0 Å². The Bertz CT molecular complexity index is 149. The molecule has 3 heteroatoms. The lowest BCUT2D eigenvalue weighted by Gasteiger charge is -2.43. The van der Waals surface area contributed by atoms with Crippen LogP contribution in [0.2, 0.25) is 0 Å². The largest absolute Gasteiger partial charge is 0.378 e. The van der Waals surface area contributed by atoms with Crippen LogP contribution in [0, 0.1) is 0 Å². The number of hydrogen-bond acceptors (Lipinski definition) is 3. The monoisotopic (exact) mass is 170 g/mol. The quantitative estimate of drug-likeness (QED) is 0.602. The van der Waals surface area contributed by atoms with Gasteiger partial charge in [0.1, 0.15) is 0 Å². The Labute approximate surface area is 74.1 Å². The van der Waals surface area contributed by atoms with Crippen LogP contribution in [-0.4, -0.2) is 49.3 Å². The molecule has 2 rings (SSSR count). The molecule has 3 nitrogen and oxygen atoms in total. The van der Waals surface area contributed by atoms with E-state index >= 15 is 0 Å². The van der Waals surface area contributed by atoms with Gasteiger partial charge in [0.15, 0.2) is 0 Å². The smallest absolute Gasteiger partial charge is 0.0633 e. The Hall–Kier alpha value is -0.120. The van der Waals surface area contributed by atoms with Crippen LogP contribution in [0.4, 0.5) is 0 Å². The second kappa shape index (κ2) is 3.32. The van der Waals surface area contributed by atoms with Crippen molar-refractivity contribution in [3.63, 3.8) is 0 Å². The van der Waals surface area contributed by atoms with E-state index in [0.717, 1.165) is 26.3 Å². The molecule has 0 saturated carbocycles. The molecule has 1 N–H and O–H groups in total. The van der Waals surface area contributed by atoms with Crippen LogP contribution in [0.25, 0.3) is 0 Å². The Morgan fingerprint density at radius 1 is 1.25 bits per heavy atom. The van der Waals surface area contributed by atoms with Gasteiger partial charge in [-0.15, -0.1) is 0 Å². The molecule has 0 aromatic rings. The molecule has 12 heavy (non-hydrogen) atoms. The van der Waals surface area contributed by atoms with Crippen LogP contribution in [0.15, 0.2) is 0 Å². The van der Waals surface area contributed by atoms with Gasteiger partial charge < -0.3 is 10.1 Å². The molecule has 0 aliphatic carbocycles. The summed E-state index contributed by atoms with van der Waals surface area (Å²) in [7, 11) is 0. The zero-order valence-electron chi connectivity index (χ0n) is 7.92. The number of piperazine rings is 1. The predicted octanol–water partition coefficient (Wildman–Crippen LogP) is 0.0674. The van der Waals surface area contributed by atoms with E-state index in [9.17, 15) is 0 Å². The highest BCUT2D eigenvalue weighted by Gasteiger charge is 2.31. The molecule has 0 aromatic carbocycles. The highest BCUT2D eigenvalue weighted by Crippen LogP contribution is 2.12. The Kier molecular flexibility index (Phi) is 2.35. The summed E-state index contributed by atoms with van der Waals surface area (Å²) in [6.07, 6.45) is 0. The number of nitrogens with one attached hydrogen (secondary N) is 1. The summed E-state index contributed by atoms with van der Waals surface area (Å²) in [5, 5.41) is 3.57. The van der Waals surface area contributed by atoms with Gasteiger partial charge in [-0.1, -0.05) is 0 Å². The second-order valence-corrected chi connectivity index (χ2v) is 4.15. The normalized spacial score (nSPS) is 37.2. The van der Waals surface area contributed by atoms with Crippen LogP contribution in [-0.2, 0) is 4.74 Å². The minimum absolute atomic E-state index is 0.569. The van der Waals surface area contributed by atoms with Crippen molar-refractivity contribution in [2.45, 2.75) is 32.0 Å². The SMILES string of the molecule is CC(C)N1CC2COCC(C1)N2. The van der Waals surface area contributed by atoms with E-state index in [1.54, 1.807) is 0 Å². The van der Waals surface area contributed by atoms with E-state index in [-0.39, 0.29) is 0 Å². The van der Waals surface area contributed by atoms with Gasteiger partial charge in [-0.2, -0.15) is 0 Å². The molecule has 0 amide bonds. The predicted molar refractivity (Wildman–Crippen MR) is 48.2 cm³/mol. The third kappa shape index (κ3) is 1.63. The van der Waals surface area contributed by atoms with E-state index < -0.39 is 0 Å². The van der Waals surface area contributed by atoms with Crippen molar-refractivity contribution in [2.75, 3.05) is 26.3 Å². The lowest BCUT2D eigenvalue weighted by atomic mass is 10.1. The van der Waals surface area contributed by atoms with Crippen molar-refractivity contribution in [3.8, 4) is 0 Å². The van der Waals surface area contributed by atoms with Gasteiger partial charge in [0.05, 0.1) is 13.2 Å². The Balaban J connectivity index is 1.96. The zero-order valence-corrected chi connectivity index (χ0v) is 7.92. The molecule has 2 fully saturated rings. The number of ether oxygens (including phenoxy) is 1. The molecule has 70 valence electrons. The van der Waals surface area contributed by atoms with Crippen molar-refractivity contribution in [3.05, 3.63) is 0 Å². The summed E-state index contributed by atoms with van der Waals surface area (Å²) < 4.78 is 5.48. The summed E-state index contributed by atoms with van der Waals surface area (Å²) in [6, 6.07) is 1.81. The van der Waals surface area contributed by atoms with E-state index in [4.69, 9.17) is 4.74 Å². The molecule has 2 saturated heterocycles. The average Bonchev–Trinajstić information content (AvgIpc) is 2.03. The third-order valence-electron chi connectivity index (χ3n) is 2.75. The first-order chi connectivity index (χ1) is 5.75. The van der Waals surface area contributed by atoms with Crippen molar-refractivity contribution in [1.29, 1.82) is 0 Å². The molecule has 2 unspecified atom stereocenters. The van der Waals surface area contributed by atoms with Gasteiger partial charge in [0, 0.05) is 31.2 Å². The fourth-order valence-corrected chi connectivity index (χ4v) is 2.06. The maximum Gasteiger partial charge on any atom is 0.0633 e. The van der Waals surface area contributed by atoms with E-state index in [0.29, 0.717) is 18.1 Å². The van der Waals surface area contributed by atoms with Gasteiger partial charge in [0.25, 0.3) is 0 Å². The number of morpholine rings is 1. The second-order valence-electron chi connectivity index (χ2n) is 4.15. The molecule has 2 atom stereocenters. The molecular formula is C9H18N2O. The zero-order chi connectivity index (χ0) is 8.55. The minimum Gasteiger partial charge on any atom is -0.378 e. The third-order valence-corrected chi connectivity index (χ3v) is 2.75. The fourth-order valence-electron chi connectivity index (χ4n) is 2.06. The van der Waals surface area contributed by atoms with E-state index in [2.05, 4.69) is 24.1 Å². The first kappa shape index (κ1) is 8.48. The summed E-state index contributed by atoms with van der Waals surface area (Å²) in [4.78, 5) is 2.54. The average molecular weight is 170 g/mol. The van der Waals surface area contributed by atoms with Crippen LogP contribution < -0.4 is 5.32 Å². The number of hydrogen-bond donors (Lipinski definition) is 1. The van der Waals surface area contributed by atoms with Crippen LogP contribution in [0.3, 0.4) is 0 Å². The molecule has 2 heterocycles. The lowest BCUT2D eigenvalue weighted by molar-refractivity contribution is -0.0145. The van der Waals surface area contributed by atoms with E-state index in [1.165, 1.54) is 0 Å². The van der Waals surface area contributed by atoms with Gasteiger partial charge in [-0.05, 0) is 13.8 Å². The number of rotatable bonds is 1. The standard InChI is InChI=1S/C9H18N2O/c1-7(2)11-3-8-5-12-6-9(4-11)10-8/h7-10H,3-6H2,1-2H3. The molecule has 2 bridgehead atoms. The topological polar surface area (TPSA) is 24.5 Å². The van der Waals surface area contributed by atoms with Crippen LogP contribution >= 0.6 is 0 Å². The maximum atomic E-state index is 5.48. The summed E-state index contributed by atoms with van der Waals surface area (Å²) in [6.45, 7) is 8.60. The fraction of sp³-hybridized carbons (Fsp3) is 1.00. The van der Waals surface area contributed by atoms with Crippen molar-refractivity contribution >= 4 is 0 Å².